The first-order valence-electron chi connectivity index (χ1n) is 6.53. The van der Waals surface area contributed by atoms with Gasteiger partial charge in [0.05, 0.1) is 0 Å². The van der Waals surface area contributed by atoms with E-state index in [2.05, 4.69) is 26.1 Å². The van der Waals surface area contributed by atoms with Crippen LogP contribution in [0.25, 0.3) is 0 Å². The number of nitrogens with one attached hydrogen (secondary N) is 1. The predicted molar refractivity (Wildman–Crippen MR) is 69.3 cm³/mol. The van der Waals surface area contributed by atoms with Gasteiger partial charge < -0.3 is 5.32 Å². The molecule has 94 valence electrons. The van der Waals surface area contributed by atoms with Crippen molar-refractivity contribution in [1.82, 2.24) is 5.32 Å². The quantitative estimate of drug-likeness (QED) is 0.816. The SMILES string of the molecule is CCCNC(c1ccc(F)cc1)C1CC1(C)C. The molecule has 0 amide bonds. The van der Waals surface area contributed by atoms with Crippen molar-refractivity contribution < 1.29 is 4.39 Å². The molecule has 1 aromatic carbocycles. The van der Waals surface area contributed by atoms with Crippen molar-refractivity contribution in [3.63, 3.8) is 0 Å². The maximum atomic E-state index is 13.0. The third-order valence-corrected chi connectivity index (χ3v) is 3.84. The van der Waals surface area contributed by atoms with Crippen LogP contribution in [0, 0.1) is 17.2 Å². The van der Waals surface area contributed by atoms with E-state index in [0.717, 1.165) is 13.0 Å². The molecule has 0 saturated heterocycles. The van der Waals surface area contributed by atoms with Crippen LogP contribution in [0.5, 0.6) is 0 Å². The molecule has 2 rings (SSSR count). The molecular weight excluding hydrogens is 213 g/mol. The van der Waals surface area contributed by atoms with Gasteiger partial charge in [0.1, 0.15) is 5.82 Å². The Hall–Kier alpha value is -0.890. The number of rotatable bonds is 5. The highest BCUT2D eigenvalue weighted by Gasteiger charge is 2.50. The molecular formula is C15H22FN. The maximum Gasteiger partial charge on any atom is 0.123 e. The summed E-state index contributed by atoms with van der Waals surface area (Å²) >= 11 is 0. The van der Waals surface area contributed by atoms with E-state index in [1.165, 1.54) is 12.0 Å². The summed E-state index contributed by atoms with van der Waals surface area (Å²) in [5, 5.41) is 3.60. The minimum absolute atomic E-state index is 0.155. The monoisotopic (exact) mass is 235 g/mol. The van der Waals surface area contributed by atoms with Crippen molar-refractivity contribution >= 4 is 0 Å². The Bertz CT molecular complexity index is 369. The van der Waals surface area contributed by atoms with E-state index in [9.17, 15) is 4.39 Å². The number of benzene rings is 1. The summed E-state index contributed by atoms with van der Waals surface area (Å²) < 4.78 is 13.0. The zero-order chi connectivity index (χ0) is 12.5. The normalized spacial score (nSPS) is 23.4. The average Bonchev–Trinajstić information content (AvgIpc) is 2.91. The smallest absolute Gasteiger partial charge is 0.123 e. The van der Waals surface area contributed by atoms with Crippen LogP contribution < -0.4 is 5.32 Å². The fraction of sp³-hybridized carbons (Fsp3) is 0.600. The van der Waals surface area contributed by atoms with Crippen molar-refractivity contribution in [3.05, 3.63) is 35.6 Å². The first-order valence-corrected chi connectivity index (χ1v) is 6.53. The van der Waals surface area contributed by atoms with Crippen molar-refractivity contribution in [2.75, 3.05) is 6.54 Å². The zero-order valence-corrected chi connectivity index (χ0v) is 11.0. The van der Waals surface area contributed by atoms with Gasteiger partial charge in [-0.1, -0.05) is 32.9 Å². The zero-order valence-electron chi connectivity index (χ0n) is 11.0. The van der Waals surface area contributed by atoms with Crippen LogP contribution in [0.3, 0.4) is 0 Å². The summed E-state index contributed by atoms with van der Waals surface area (Å²) in [6.07, 6.45) is 2.39. The molecule has 0 aromatic heterocycles. The second kappa shape index (κ2) is 4.77. The molecule has 2 unspecified atom stereocenters. The summed E-state index contributed by atoms with van der Waals surface area (Å²) in [5.74, 6) is 0.526. The molecule has 1 aliphatic carbocycles. The lowest BCUT2D eigenvalue weighted by atomic mass is 9.97. The van der Waals surface area contributed by atoms with Crippen LogP contribution in [0.2, 0.25) is 0 Å². The molecule has 1 N–H and O–H groups in total. The lowest BCUT2D eigenvalue weighted by Crippen LogP contribution is -2.25. The Morgan fingerprint density at radius 2 is 1.94 bits per heavy atom. The highest BCUT2D eigenvalue weighted by molar-refractivity contribution is 5.23. The Morgan fingerprint density at radius 1 is 1.35 bits per heavy atom. The van der Waals surface area contributed by atoms with Gasteiger partial charge in [-0.05, 0) is 48.4 Å². The van der Waals surface area contributed by atoms with Gasteiger partial charge in [0, 0.05) is 6.04 Å². The third kappa shape index (κ3) is 2.86. The largest absolute Gasteiger partial charge is 0.310 e. The molecule has 1 saturated carbocycles. The van der Waals surface area contributed by atoms with Gasteiger partial charge in [0.2, 0.25) is 0 Å². The number of hydrogen-bond acceptors (Lipinski definition) is 1. The number of hydrogen-bond donors (Lipinski definition) is 1. The van der Waals surface area contributed by atoms with Crippen LogP contribution in [0.4, 0.5) is 4.39 Å². The van der Waals surface area contributed by atoms with Crippen molar-refractivity contribution in [2.24, 2.45) is 11.3 Å². The molecule has 1 aromatic rings. The Morgan fingerprint density at radius 3 is 2.41 bits per heavy atom. The molecule has 1 nitrogen and oxygen atoms in total. The van der Waals surface area contributed by atoms with Gasteiger partial charge in [0.15, 0.2) is 0 Å². The van der Waals surface area contributed by atoms with E-state index in [1.54, 1.807) is 12.1 Å². The van der Waals surface area contributed by atoms with Crippen molar-refractivity contribution in [1.29, 1.82) is 0 Å². The van der Waals surface area contributed by atoms with Crippen LogP contribution >= 0.6 is 0 Å². The van der Waals surface area contributed by atoms with Gasteiger partial charge in [0.25, 0.3) is 0 Å². The molecule has 0 radical (unpaired) electrons. The highest BCUT2D eigenvalue weighted by Crippen LogP contribution is 2.57. The summed E-state index contributed by atoms with van der Waals surface area (Å²) in [6, 6.07) is 7.33. The Balaban J connectivity index is 2.13. The first kappa shape index (κ1) is 12.6. The lowest BCUT2D eigenvalue weighted by molar-refractivity contribution is 0.415. The molecule has 0 spiro atoms. The summed E-state index contributed by atoms with van der Waals surface area (Å²) in [6.45, 7) is 7.81. The molecule has 0 bridgehead atoms. The minimum Gasteiger partial charge on any atom is -0.310 e. The van der Waals surface area contributed by atoms with Crippen molar-refractivity contribution in [3.8, 4) is 0 Å². The molecule has 1 aliphatic rings. The van der Waals surface area contributed by atoms with E-state index < -0.39 is 0 Å². The Labute approximate surface area is 103 Å². The molecule has 1 fully saturated rings. The number of halogens is 1. The van der Waals surface area contributed by atoms with Crippen LogP contribution in [0.1, 0.15) is 45.2 Å². The van der Waals surface area contributed by atoms with Crippen LogP contribution in [-0.2, 0) is 0 Å². The van der Waals surface area contributed by atoms with Gasteiger partial charge >= 0.3 is 0 Å². The predicted octanol–water partition coefficient (Wildman–Crippen LogP) is 3.91. The van der Waals surface area contributed by atoms with Crippen LogP contribution in [-0.4, -0.2) is 6.54 Å². The van der Waals surface area contributed by atoms with E-state index in [-0.39, 0.29) is 5.82 Å². The second-order valence-electron chi connectivity index (χ2n) is 5.78. The summed E-state index contributed by atoms with van der Waals surface area (Å²) in [7, 11) is 0. The van der Waals surface area contributed by atoms with E-state index in [0.29, 0.717) is 17.4 Å². The van der Waals surface area contributed by atoms with Gasteiger partial charge in [-0.2, -0.15) is 0 Å². The van der Waals surface area contributed by atoms with Crippen molar-refractivity contribution in [2.45, 2.75) is 39.7 Å². The van der Waals surface area contributed by atoms with E-state index >= 15 is 0 Å². The molecule has 2 atom stereocenters. The van der Waals surface area contributed by atoms with Gasteiger partial charge in [-0.3, -0.25) is 0 Å². The highest BCUT2D eigenvalue weighted by atomic mass is 19.1. The first-order chi connectivity index (χ1) is 8.04. The Kier molecular flexibility index (Phi) is 3.53. The maximum absolute atomic E-state index is 13.0. The standard InChI is InChI=1S/C15H22FN/c1-4-9-17-14(13-10-15(13,2)3)11-5-7-12(16)8-6-11/h5-8,13-14,17H,4,9-10H2,1-3H3. The summed E-state index contributed by atoms with van der Waals surface area (Å²) in [5.41, 5.74) is 1.65. The van der Waals surface area contributed by atoms with Crippen LogP contribution in [0.15, 0.2) is 24.3 Å². The average molecular weight is 235 g/mol. The second-order valence-corrected chi connectivity index (χ2v) is 5.78. The third-order valence-electron chi connectivity index (χ3n) is 3.84. The fourth-order valence-electron chi connectivity index (χ4n) is 2.54. The molecule has 2 heteroatoms. The molecule has 0 heterocycles. The van der Waals surface area contributed by atoms with E-state index in [1.807, 2.05) is 12.1 Å². The fourth-order valence-corrected chi connectivity index (χ4v) is 2.54. The minimum atomic E-state index is -0.155. The molecule has 0 aliphatic heterocycles. The molecule has 17 heavy (non-hydrogen) atoms. The van der Waals surface area contributed by atoms with Gasteiger partial charge in [-0.15, -0.1) is 0 Å². The lowest BCUT2D eigenvalue weighted by Gasteiger charge is -2.20. The van der Waals surface area contributed by atoms with Gasteiger partial charge in [-0.25, -0.2) is 4.39 Å². The topological polar surface area (TPSA) is 12.0 Å². The summed E-state index contributed by atoms with van der Waals surface area (Å²) in [4.78, 5) is 0. The van der Waals surface area contributed by atoms with E-state index in [4.69, 9.17) is 0 Å².